The number of nitrogens with two attached hydrogens (primary N) is 1. The fraction of sp³-hybridized carbons (Fsp3) is 0.889. The van der Waals surface area contributed by atoms with Crippen molar-refractivity contribution in [2.24, 2.45) is 11.1 Å². The van der Waals surface area contributed by atoms with E-state index in [1.54, 1.807) is 0 Å². The van der Waals surface area contributed by atoms with Crippen molar-refractivity contribution in [3.63, 3.8) is 0 Å². The quantitative estimate of drug-likeness (QED) is 0.656. The second-order valence-corrected chi connectivity index (χ2v) is 3.75. The van der Waals surface area contributed by atoms with Gasteiger partial charge in [-0.3, -0.25) is 4.79 Å². The van der Waals surface area contributed by atoms with Crippen LogP contribution in [0.4, 0.5) is 0 Å². The van der Waals surface area contributed by atoms with E-state index in [0.717, 1.165) is 12.8 Å². The Balaban J connectivity index is 2.56. The van der Waals surface area contributed by atoms with Gasteiger partial charge in [0, 0.05) is 5.41 Å². The van der Waals surface area contributed by atoms with E-state index < -0.39 is 0 Å². The number of ketones is 1. The molecular formula is C9H17NO. The summed E-state index contributed by atoms with van der Waals surface area (Å²) in [5.41, 5.74) is 5.26. The summed E-state index contributed by atoms with van der Waals surface area (Å²) in [6.07, 6.45) is 5.77. The van der Waals surface area contributed by atoms with Gasteiger partial charge >= 0.3 is 0 Å². The normalized spacial score (nSPS) is 23.1. The molecule has 1 saturated carbocycles. The van der Waals surface area contributed by atoms with Gasteiger partial charge in [0.05, 0.1) is 6.54 Å². The largest absolute Gasteiger partial charge is 0.324 e. The highest BCUT2D eigenvalue weighted by Gasteiger charge is 2.32. The summed E-state index contributed by atoms with van der Waals surface area (Å²) >= 11 is 0. The number of carbonyl (C=O) groups excluding carboxylic acids is 1. The Hall–Kier alpha value is -0.370. The first-order valence-corrected chi connectivity index (χ1v) is 4.42. The molecule has 0 heterocycles. The molecule has 0 aromatic carbocycles. The summed E-state index contributed by atoms with van der Waals surface area (Å²) in [6, 6.07) is 0. The predicted octanol–water partition coefficient (Wildman–Crippen LogP) is 1.48. The lowest BCUT2D eigenvalue weighted by atomic mass is 9.73. The van der Waals surface area contributed by atoms with Crippen LogP contribution in [0, 0.1) is 5.41 Å². The van der Waals surface area contributed by atoms with Crippen molar-refractivity contribution in [2.75, 3.05) is 6.54 Å². The van der Waals surface area contributed by atoms with Crippen molar-refractivity contribution >= 4 is 5.78 Å². The Kier molecular flexibility index (Phi) is 2.66. The van der Waals surface area contributed by atoms with E-state index in [-0.39, 0.29) is 17.7 Å². The Morgan fingerprint density at radius 1 is 1.36 bits per heavy atom. The molecule has 2 heteroatoms. The monoisotopic (exact) mass is 155 g/mol. The molecule has 11 heavy (non-hydrogen) atoms. The molecule has 0 amide bonds. The zero-order chi connectivity index (χ0) is 8.32. The molecule has 0 spiro atoms. The molecule has 1 aliphatic rings. The van der Waals surface area contributed by atoms with Crippen molar-refractivity contribution in [2.45, 2.75) is 39.0 Å². The smallest absolute Gasteiger partial charge is 0.152 e. The van der Waals surface area contributed by atoms with Gasteiger partial charge in [0.1, 0.15) is 0 Å². The van der Waals surface area contributed by atoms with Crippen LogP contribution < -0.4 is 5.73 Å². The van der Waals surface area contributed by atoms with Crippen LogP contribution in [0.3, 0.4) is 0 Å². The van der Waals surface area contributed by atoms with Crippen LogP contribution in [0.15, 0.2) is 0 Å². The molecule has 1 fully saturated rings. The van der Waals surface area contributed by atoms with Crippen LogP contribution in [0.1, 0.15) is 39.0 Å². The zero-order valence-corrected chi connectivity index (χ0v) is 7.23. The number of hydrogen-bond donors (Lipinski definition) is 1. The van der Waals surface area contributed by atoms with E-state index >= 15 is 0 Å². The van der Waals surface area contributed by atoms with Crippen molar-refractivity contribution in [1.29, 1.82) is 0 Å². The van der Waals surface area contributed by atoms with E-state index in [2.05, 4.69) is 6.92 Å². The highest BCUT2D eigenvalue weighted by Crippen LogP contribution is 2.36. The van der Waals surface area contributed by atoms with E-state index in [9.17, 15) is 4.79 Å². The van der Waals surface area contributed by atoms with Gasteiger partial charge in [-0.25, -0.2) is 0 Å². The van der Waals surface area contributed by atoms with Gasteiger partial charge in [-0.05, 0) is 12.8 Å². The van der Waals surface area contributed by atoms with Crippen LogP contribution in [-0.4, -0.2) is 12.3 Å². The van der Waals surface area contributed by atoms with E-state index in [0.29, 0.717) is 0 Å². The molecule has 1 aliphatic carbocycles. The topological polar surface area (TPSA) is 43.1 Å². The van der Waals surface area contributed by atoms with E-state index in [1.165, 1.54) is 19.3 Å². The Bertz CT molecular complexity index is 148. The highest BCUT2D eigenvalue weighted by molar-refractivity contribution is 5.86. The van der Waals surface area contributed by atoms with Gasteiger partial charge in [-0.1, -0.05) is 26.2 Å². The third-order valence-electron chi connectivity index (χ3n) is 2.82. The molecule has 64 valence electrons. The molecule has 0 saturated heterocycles. The summed E-state index contributed by atoms with van der Waals surface area (Å²) in [7, 11) is 0. The Labute approximate surface area is 68.2 Å². The molecule has 0 radical (unpaired) electrons. The molecule has 0 aromatic heterocycles. The SMILES string of the molecule is CC1(C(=O)CN)CCCCC1. The lowest BCUT2D eigenvalue weighted by Crippen LogP contribution is -2.35. The van der Waals surface area contributed by atoms with Crippen LogP contribution in [0.2, 0.25) is 0 Å². The minimum Gasteiger partial charge on any atom is -0.324 e. The molecule has 0 atom stereocenters. The average Bonchev–Trinajstić information content (AvgIpc) is 2.04. The van der Waals surface area contributed by atoms with Gasteiger partial charge in [0.25, 0.3) is 0 Å². The second kappa shape index (κ2) is 3.35. The highest BCUT2D eigenvalue weighted by atomic mass is 16.1. The summed E-state index contributed by atoms with van der Waals surface area (Å²) < 4.78 is 0. The number of carbonyl (C=O) groups is 1. The van der Waals surface area contributed by atoms with Crippen molar-refractivity contribution in [1.82, 2.24) is 0 Å². The average molecular weight is 155 g/mol. The van der Waals surface area contributed by atoms with Crippen LogP contribution >= 0.6 is 0 Å². The molecule has 2 nitrogen and oxygen atoms in total. The minimum atomic E-state index is -0.0764. The Morgan fingerprint density at radius 2 is 1.91 bits per heavy atom. The maximum Gasteiger partial charge on any atom is 0.152 e. The van der Waals surface area contributed by atoms with Crippen LogP contribution in [0.5, 0.6) is 0 Å². The molecule has 0 aliphatic heterocycles. The summed E-state index contributed by atoms with van der Waals surface area (Å²) in [5.74, 6) is 0.247. The molecule has 0 bridgehead atoms. The minimum absolute atomic E-state index is 0.0764. The first kappa shape index (κ1) is 8.72. The summed E-state index contributed by atoms with van der Waals surface area (Å²) in [5, 5.41) is 0. The number of hydrogen-bond acceptors (Lipinski definition) is 2. The fourth-order valence-corrected chi connectivity index (χ4v) is 1.86. The lowest BCUT2D eigenvalue weighted by molar-refractivity contribution is -0.128. The van der Waals surface area contributed by atoms with Gasteiger partial charge < -0.3 is 5.73 Å². The number of Topliss-reactive ketones (excluding diaryl/α,β-unsaturated/α-hetero) is 1. The van der Waals surface area contributed by atoms with Gasteiger partial charge in [-0.2, -0.15) is 0 Å². The number of rotatable bonds is 2. The first-order valence-electron chi connectivity index (χ1n) is 4.42. The maximum atomic E-state index is 11.4. The lowest BCUT2D eigenvalue weighted by Gasteiger charge is -2.31. The van der Waals surface area contributed by atoms with Crippen LogP contribution in [0.25, 0.3) is 0 Å². The first-order chi connectivity index (χ1) is 5.19. The van der Waals surface area contributed by atoms with Crippen molar-refractivity contribution < 1.29 is 4.79 Å². The summed E-state index contributed by atoms with van der Waals surface area (Å²) in [4.78, 5) is 11.4. The van der Waals surface area contributed by atoms with Crippen LogP contribution in [-0.2, 0) is 4.79 Å². The van der Waals surface area contributed by atoms with Crippen molar-refractivity contribution in [3.8, 4) is 0 Å². The van der Waals surface area contributed by atoms with Crippen molar-refractivity contribution in [3.05, 3.63) is 0 Å². The van der Waals surface area contributed by atoms with E-state index in [1.807, 2.05) is 0 Å². The molecule has 0 unspecified atom stereocenters. The molecule has 0 aromatic rings. The van der Waals surface area contributed by atoms with E-state index in [4.69, 9.17) is 5.73 Å². The second-order valence-electron chi connectivity index (χ2n) is 3.75. The molecule has 1 rings (SSSR count). The zero-order valence-electron chi connectivity index (χ0n) is 7.23. The third kappa shape index (κ3) is 1.80. The third-order valence-corrected chi connectivity index (χ3v) is 2.82. The van der Waals surface area contributed by atoms with Gasteiger partial charge in [-0.15, -0.1) is 0 Å². The summed E-state index contributed by atoms with van der Waals surface area (Å²) in [6.45, 7) is 2.28. The fourth-order valence-electron chi connectivity index (χ4n) is 1.86. The maximum absolute atomic E-state index is 11.4. The van der Waals surface area contributed by atoms with Gasteiger partial charge in [0.15, 0.2) is 5.78 Å². The van der Waals surface area contributed by atoms with Gasteiger partial charge in [0.2, 0.25) is 0 Å². The predicted molar refractivity (Wildman–Crippen MR) is 45.3 cm³/mol. The molecule has 2 N–H and O–H groups in total. The standard InChI is InChI=1S/C9H17NO/c1-9(8(11)7-10)5-3-2-4-6-9/h2-7,10H2,1H3. The molecular weight excluding hydrogens is 138 g/mol. The Morgan fingerprint density at radius 3 is 2.36 bits per heavy atom.